The first-order chi connectivity index (χ1) is 16.1. The molecule has 2 aliphatic rings. The standard InChI is InChI=1S/C23H25F2N7O2/c1-13-19(25)20(23(2,3)34)29-22(28-13)31-11-14-9-30(10-15(14)12-31)21(33)17-5-4-16(24)8-18(17)32-26-6-7-27-32/h4-8,14-15,34H,9-12H2,1-3H3/t14-,15+. The summed E-state index contributed by atoms with van der Waals surface area (Å²) in [5.74, 6) is -0.516. The molecule has 0 bridgehead atoms. The Hall–Kier alpha value is -3.47. The lowest BCUT2D eigenvalue weighted by Crippen LogP contribution is -2.35. The number of nitrogens with zero attached hydrogens (tertiary/aromatic N) is 7. The molecular weight excluding hydrogens is 444 g/mol. The average molecular weight is 469 g/mol. The smallest absolute Gasteiger partial charge is 0.256 e. The molecule has 11 heteroatoms. The van der Waals surface area contributed by atoms with Gasteiger partial charge in [0.25, 0.3) is 5.91 Å². The van der Waals surface area contributed by atoms with Crippen LogP contribution in [0.4, 0.5) is 14.7 Å². The Labute approximate surface area is 195 Å². The number of likely N-dealkylation sites (tertiary alicyclic amines) is 1. The van der Waals surface area contributed by atoms with E-state index in [2.05, 4.69) is 20.2 Å². The van der Waals surface area contributed by atoms with Gasteiger partial charge in [-0.15, -0.1) is 0 Å². The number of hydrogen-bond acceptors (Lipinski definition) is 7. The molecule has 2 aromatic heterocycles. The van der Waals surface area contributed by atoms with E-state index in [0.29, 0.717) is 43.4 Å². The SMILES string of the molecule is Cc1nc(N2C[C@H]3CN(C(=O)c4ccc(F)cc4-n4nccn4)C[C@H]3C2)nc(C(C)(C)O)c1F. The number of fused-ring (bicyclic) bond motifs is 1. The van der Waals surface area contributed by atoms with Crippen LogP contribution in [-0.4, -0.2) is 67.1 Å². The zero-order valence-corrected chi connectivity index (χ0v) is 19.1. The molecule has 0 saturated carbocycles. The highest BCUT2D eigenvalue weighted by atomic mass is 19.1. The second-order valence-electron chi connectivity index (χ2n) is 9.45. The Morgan fingerprint density at radius 2 is 1.71 bits per heavy atom. The van der Waals surface area contributed by atoms with Crippen LogP contribution in [0, 0.1) is 30.4 Å². The third-order valence-corrected chi connectivity index (χ3v) is 6.47. The van der Waals surface area contributed by atoms with Gasteiger partial charge in [0.2, 0.25) is 5.95 Å². The minimum atomic E-state index is -1.43. The van der Waals surface area contributed by atoms with Crippen molar-refractivity contribution in [3.05, 3.63) is 59.2 Å². The van der Waals surface area contributed by atoms with Crippen molar-refractivity contribution in [3.63, 3.8) is 0 Å². The van der Waals surface area contributed by atoms with E-state index in [0.717, 1.165) is 0 Å². The van der Waals surface area contributed by atoms with Gasteiger partial charge in [-0.1, -0.05) is 0 Å². The molecule has 0 aliphatic carbocycles. The summed E-state index contributed by atoms with van der Waals surface area (Å²) in [4.78, 5) is 26.9. The molecule has 0 spiro atoms. The van der Waals surface area contributed by atoms with Gasteiger partial charge in [-0.3, -0.25) is 4.79 Å². The summed E-state index contributed by atoms with van der Waals surface area (Å²) < 4.78 is 28.4. The van der Waals surface area contributed by atoms with Crippen molar-refractivity contribution in [1.82, 2.24) is 29.9 Å². The van der Waals surface area contributed by atoms with Crippen LogP contribution in [0.5, 0.6) is 0 Å². The molecule has 1 aromatic carbocycles. The molecule has 0 radical (unpaired) electrons. The number of carbonyl (C=O) groups is 1. The normalized spacial score (nSPS) is 20.2. The lowest BCUT2D eigenvalue weighted by Gasteiger charge is -2.25. The van der Waals surface area contributed by atoms with E-state index >= 15 is 0 Å². The predicted octanol–water partition coefficient (Wildman–Crippen LogP) is 2.08. The summed E-state index contributed by atoms with van der Waals surface area (Å²) >= 11 is 0. The number of carbonyl (C=O) groups excluding carboxylic acids is 1. The van der Waals surface area contributed by atoms with E-state index in [1.165, 1.54) is 49.2 Å². The van der Waals surface area contributed by atoms with Gasteiger partial charge in [-0.2, -0.15) is 15.0 Å². The van der Waals surface area contributed by atoms with Crippen molar-refractivity contribution in [2.24, 2.45) is 11.8 Å². The number of aliphatic hydroxyl groups is 1. The van der Waals surface area contributed by atoms with Gasteiger partial charge in [0.15, 0.2) is 5.82 Å². The average Bonchev–Trinajstić information content (AvgIpc) is 3.51. The molecule has 0 unspecified atom stereocenters. The lowest BCUT2D eigenvalue weighted by atomic mass is 10.0. The van der Waals surface area contributed by atoms with Gasteiger partial charge in [-0.25, -0.2) is 18.7 Å². The molecule has 2 fully saturated rings. The topological polar surface area (TPSA) is 100 Å². The second-order valence-corrected chi connectivity index (χ2v) is 9.45. The Morgan fingerprint density at radius 3 is 2.32 bits per heavy atom. The fraction of sp³-hybridized carbons (Fsp3) is 0.435. The van der Waals surface area contributed by atoms with Crippen molar-refractivity contribution < 1.29 is 18.7 Å². The number of aryl methyl sites for hydroxylation is 1. The summed E-state index contributed by atoms with van der Waals surface area (Å²) in [5.41, 5.74) is -0.640. The highest BCUT2D eigenvalue weighted by Gasteiger charge is 2.43. The van der Waals surface area contributed by atoms with Gasteiger partial charge < -0.3 is 14.9 Å². The first kappa shape index (κ1) is 22.3. The van der Waals surface area contributed by atoms with Crippen LogP contribution in [0.1, 0.15) is 35.6 Å². The Morgan fingerprint density at radius 1 is 1.06 bits per heavy atom. The summed E-state index contributed by atoms with van der Waals surface area (Å²) in [5, 5.41) is 18.4. The minimum absolute atomic E-state index is 0.0278. The molecule has 2 saturated heterocycles. The fourth-order valence-corrected chi connectivity index (χ4v) is 4.78. The highest BCUT2D eigenvalue weighted by Crippen LogP contribution is 2.35. The maximum atomic E-state index is 14.5. The molecule has 2 atom stereocenters. The summed E-state index contributed by atoms with van der Waals surface area (Å²) in [6, 6.07) is 3.97. The van der Waals surface area contributed by atoms with Crippen molar-refractivity contribution >= 4 is 11.9 Å². The molecule has 34 heavy (non-hydrogen) atoms. The number of anilines is 1. The van der Waals surface area contributed by atoms with Crippen molar-refractivity contribution in [2.75, 3.05) is 31.1 Å². The quantitative estimate of drug-likeness (QED) is 0.625. The molecule has 3 aromatic rings. The molecule has 4 heterocycles. The van der Waals surface area contributed by atoms with Crippen molar-refractivity contribution in [3.8, 4) is 5.69 Å². The predicted molar refractivity (Wildman–Crippen MR) is 118 cm³/mol. The summed E-state index contributed by atoms with van der Waals surface area (Å²) in [6.45, 7) is 6.83. The van der Waals surface area contributed by atoms with E-state index in [-0.39, 0.29) is 29.1 Å². The first-order valence-corrected chi connectivity index (χ1v) is 11.1. The molecule has 1 amide bonds. The van der Waals surface area contributed by atoms with Crippen molar-refractivity contribution in [2.45, 2.75) is 26.4 Å². The van der Waals surface area contributed by atoms with E-state index < -0.39 is 17.2 Å². The van der Waals surface area contributed by atoms with Crippen LogP contribution in [0.3, 0.4) is 0 Å². The van der Waals surface area contributed by atoms with E-state index in [4.69, 9.17) is 0 Å². The van der Waals surface area contributed by atoms with Crippen LogP contribution < -0.4 is 4.90 Å². The van der Waals surface area contributed by atoms with Gasteiger partial charge in [0.05, 0.1) is 23.7 Å². The first-order valence-electron chi connectivity index (χ1n) is 11.1. The number of aromatic nitrogens is 5. The van der Waals surface area contributed by atoms with Gasteiger partial charge in [-0.05, 0) is 32.9 Å². The van der Waals surface area contributed by atoms with Crippen LogP contribution in [0.2, 0.25) is 0 Å². The maximum Gasteiger partial charge on any atom is 0.256 e. The van der Waals surface area contributed by atoms with Crippen LogP contribution >= 0.6 is 0 Å². The van der Waals surface area contributed by atoms with Gasteiger partial charge >= 0.3 is 0 Å². The molecule has 1 N–H and O–H groups in total. The molecular formula is C23H25F2N7O2. The van der Waals surface area contributed by atoms with E-state index in [1.807, 2.05) is 4.90 Å². The number of rotatable bonds is 4. The Kier molecular flexibility index (Phi) is 5.31. The zero-order valence-electron chi connectivity index (χ0n) is 19.1. The number of halogens is 2. The molecule has 9 nitrogen and oxygen atoms in total. The third kappa shape index (κ3) is 3.89. The van der Waals surface area contributed by atoms with Crippen LogP contribution in [0.25, 0.3) is 5.69 Å². The highest BCUT2D eigenvalue weighted by molar-refractivity contribution is 5.98. The van der Waals surface area contributed by atoms with E-state index in [1.54, 1.807) is 11.8 Å². The maximum absolute atomic E-state index is 14.5. The third-order valence-electron chi connectivity index (χ3n) is 6.47. The van der Waals surface area contributed by atoms with E-state index in [9.17, 15) is 18.7 Å². The largest absolute Gasteiger partial charge is 0.384 e. The number of amides is 1. The number of benzene rings is 1. The van der Waals surface area contributed by atoms with Crippen molar-refractivity contribution in [1.29, 1.82) is 0 Å². The zero-order chi connectivity index (χ0) is 24.2. The number of hydrogen-bond donors (Lipinski definition) is 1. The Balaban J connectivity index is 1.33. The molecule has 178 valence electrons. The van der Waals surface area contributed by atoms with Gasteiger partial charge in [0.1, 0.15) is 22.8 Å². The van der Waals surface area contributed by atoms with Gasteiger partial charge in [0, 0.05) is 44.1 Å². The van der Waals surface area contributed by atoms with Crippen LogP contribution in [-0.2, 0) is 5.60 Å². The van der Waals surface area contributed by atoms with Crippen LogP contribution in [0.15, 0.2) is 30.6 Å². The Bertz CT molecular complexity index is 1230. The summed E-state index contributed by atoms with van der Waals surface area (Å²) in [6.07, 6.45) is 2.94. The fourth-order valence-electron chi connectivity index (χ4n) is 4.78. The molecule has 5 rings (SSSR count). The monoisotopic (exact) mass is 469 g/mol. The minimum Gasteiger partial charge on any atom is -0.384 e. The second kappa shape index (κ2) is 8.08. The lowest BCUT2D eigenvalue weighted by molar-refractivity contribution is 0.0690. The molecule has 2 aliphatic heterocycles. The summed E-state index contributed by atoms with van der Waals surface area (Å²) in [7, 11) is 0.